The van der Waals surface area contributed by atoms with Gasteiger partial charge in [-0.25, -0.2) is 4.98 Å². The summed E-state index contributed by atoms with van der Waals surface area (Å²) >= 11 is 0. The summed E-state index contributed by atoms with van der Waals surface area (Å²) in [7, 11) is 0. The summed E-state index contributed by atoms with van der Waals surface area (Å²) < 4.78 is 46.7. The Morgan fingerprint density at radius 3 is 2.54 bits per heavy atom. The molecule has 2 aromatic heterocycles. The number of halogens is 3. The lowest BCUT2D eigenvalue weighted by atomic mass is 9.80. The maximum Gasteiger partial charge on any atom is 0.391 e. The molecule has 1 saturated heterocycles. The summed E-state index contributed by atoms with van der Waals surface area (Å²) in [6.07, 6.45) is -1.27. The summed E-state index contributed by atoms with van der Waals surface area (Å²) in [5.41, 5.74) is 2.90. The first-order chi connectivity index (χ1) is 16.4. The monoisotopic (exact) mass is 494 g/mol. The van der Waals surface area contributed by atoms with Gasteiger partial charge >= 0.3 is 12.1 Å². The number of hydrogen-bond donors (Lipinski definition) is 0. The van der Waals surface area contributed by atoms with E-state index in [4.69, 9.17) is 14.8 Å². The quantitative estimate of drug-likeness (QED) is 0.466. The Morgan fingerprint density at radius 1 is 1.26 bits per heavy atom. The van der Waals surface area contributed by atoms with Crippen molar-refractivity contribution in [1.29, 1.82) is 0 Å². The normalized spacial score (nSPS) is 25.9. The van der Waals surface area contributed by atoms with Crippen LogP contribution in [0.5, 0.6) is 0 Å². The smallest absolute Gasteiger partial charge is 0.391 e. The fraction of sp³-hybridized carbons (Fsp3) is 0.731. The van der Waals surface area contributed by atoms with Crippen LogP contribution in [-0.2, 0) is 9.53 Å². The molecule has 2 aromatic rings. The molecule has 1 atom stereocenters. The molecule has 0 spiro atoms. The summed E-state index contributed by atoms with van der Waals surface area (Å²) in [5, 5.41) is 4.93. The highest BCUT2D eigenvalue weighted by Gasteiger charge is 2.43. The zero-order chi connectivity index (χ0) is 25.5. The minimum Gasteiger partial charge on any atom is -0.466 e. The fourth-order valence-corrected chi connectivity index (χ4v) is 5.92. The minimum absolute atomic E-state index is 0.00268. The van der Waals surface area contributed by atoms with Gasteiger partial charge in [-0.15, -0.1) is 0 Å². The molecule has 2 fully saturated rings. The van der Waals surface area contributed by atoms with Crippen molar-refractivity contribution in [2.24, 2.45) is 11.3 Å². The lowest BCUT2D eigenvalue weighted by molar-refractivity contribution is -0.182. The Balaban J connectivity index is 1.72. The number of nitrogens with zero attached hydrogens (tertiary/aromatic N) is 4. The molecule has 0 N–H and O–H groups in total. The van der Waals surface area contributed by atoms with Gasteiger partial charge in [-0.05, 0) is 65.2 Å². The number of hydrogen-bond acceptors (Lipinski definition) is 5. The first-order valence-corrected chi connectivity index (χ1v) is 12.8. The molecule has 0 bridgehead atoms. The topological polar surface area (TPSA) is 59.7 Å². The van der Waals surface area contributed by atoms with E-state index in [1.807, 2.05) is 31.4 Å². The first-order valence-electron chi connectivity index (χ1n) is 12.8. The van der Waals surface area contributed by atoms with Gasteiger partial charge in [-0.2, -0.15) is 22.8 Å². The molecule has 9 heteroatoms. The summed E-state index contributed by atoms with van der Waals surface area (Å²) in [4.78, 5) is 19.8. The third-order valence-corrected chi connectivity index (χ3v) is 7.77. The Kier molecular flexibility index (Phi) is 7.08. The van der Waals surface area contributed by atoms with Crippen LogP contribution in [0.1, 0.15) is 95.0 Å². The molecule has 6 nitrogen and oxygen atoms in total. The molecular formula is C26H37F3N4O2. The number of anilines is 1. The predicted octanol–water partition coefficient (Wildman–Crippen LogP) is 6.17. The maximum atomic E-state index is 13.2. The second kappa shape index (κ2) is 9.62. The highest BCUT2D eigenvalue weighted by Crippen LogP contribution is 2.43. The Morgan fingerprint density at radius 2 is 1.94 bits per heavy atom. The van der Waals surface area contributed by atoms with Crippen LogP contribution in [0.15, 0.2) is 6.07 Å². The summed E-state index contributed by atoms with van der Waals surface area (Å²) in [6.45, 7) is 11.7. The van der Waals surface area contributed by atoms with E-state index in [9.17, 15) is 18.0 Å². The van der Waals surface area contributed by atoms with E-state index in [0.717, 1.165) is 42.2 Å². The third-order valence-electron chi connectivity index (χ3n) is 7.77. The maximum absolute atomic E-state index is 13.2. The number of piperidine rings is 1. The van der Waals surface area contributed by atoms with Crippen LogP contribution in [0.25, 0.3) is 5.65 Å². The van der Waals surface area contributed by atoms with E-state index < -0.39 is 17.5 Å². The molecule has 35 heavy (non-hydrogen) atoms. The van der Waals surface area contributed by atoms with E-state index in [-0.39, 0.29) is 30.6 Å². The molecule has 0 amide bonds. The van der Waals surface area contributed by atoms with E-state index >= 15 is 0 Å². The minimum atomic E-state index is -4.12. The molecule has 4 rings (SSSR count). The molecule has 0 aromatic carbocycles. The molecule has 1 saturated carbocycles. The second-order valence-corrected chi connectivity index (χ2v) is 10.8. The number of esters is 1. The number of ether oxygens (including phenoxy) is 1. The van der Waals surface area contributed by atoms with Gasteiger partial charge in [0.2, 0.25) is 0 Å². The fourth-order valence-electron chi connectivity index (χ4n) is 5.92. The van der Waals surface area contributed by atoms with Crippen molar-refractivity contribution in [2.45, 2.75) is 91.2 Å². The van der Waals surface area contributed by atoms with Crippen LogP contribution >= 0.6 is 0 Å². The number of fused-ring (bicyclic) bond motifs is 1. The lowest BCUT2D eigenvalue weighted by Gasteiger charge is -2.40. The van der Waals surface area contributed by atoms with Gasteiger partial charge in [0.1, 0.15) is 5.82 Å². The van der Waals surface area contributed by atoms with Crippen molar-refractivity contribution >= 4 is 17.4 Å². The molecule has 194 valence electrons. The molecule has 0 unspecified atom stereocenters. The molecule has 2 aliphatic rings. The zero-order valence-corrected chi connectivity index (χ0v) is 21.4. The molecular weight excluding hydrogens is 457 g/mol. The number of aromatic nitrogens is 3. The van der Waals surface area contributed by atoms with Gasteiger partial charge in [-0.1, -0.05) is 13.8 Å². The summed E-state index contributed by atoms with van der Waals surface area (Å²) in [6, 6.07) is 1.94. The molecule has 0 radical (unpaired) electrons. The first kappa shape index (κ1) is 25.8. The van der Waals surface area contributed by atoms with E-state index in [1.165, 1.54) is 0 Å². The molecule has 1 aliphatic heterocycles. The lowest BCUT2D eigenvalue weighted by Crippen LogP contribution is -2.48. The average molecular weight is 495 g/mol. The van der Waals surface area contributed by atoms with E-state index in [0.29, 0.717) is 31.6 Å². The third kappa shape index (κ3) is 5.00. The van der Waals surface area contributed by atoms with Crippen LogP contribution < -0.4 is 4.90 Å². The largest absolute Gasteiger partial charge is 0.466 e. The number of carbonyl (C=O) groups is 1. The highest BCUT2D eigenvalue weighted by molar-refractivity contribution is 5.78. The van der Waals surface area contributed by atoms with E-state index in [2.05, 4.69) is 18.7 Å². The Hall–Kier alpha value is -2.32. The van der Waals surface area contributed by atoms with Gasteiger partial charge in [0.15, 0.2) is 5.65 Å². The van der Waals surface area contributed by atoms with Gasteiger partial charge < -0.3 is 9.64 Å². The number of aryl methyl sites for hydroxylation is 1. The van der Waals surface area contributed by atoms with Gasteiger partial charge in [-0.3, -0.25) is 4.79 Å². The van der Waals surface area contributed by atoms with Crippen LogP contribution in [0.4, 0.5) is 19.0 Å². The van der Waals surface area contributed by atoms with Crippen LogP contribution in [0, 0.1) is 18.3 Å². The predicted molar refractivity (Wildman–Crippen MR) is 129 cm³/mol. The van der Waals surface area contributed by atoms with Crippen LogP contribution in [0.2, 0.25) is 0 Å². The van der Waals surface area contributed by atoms with E-state index in [1.54, 1.807) is 0 Å². The van der Waals surface area contributed by atoms with Crippen molar-refractivity contribution in [2.75, 3.05) is 24.6 Å². The van der Waals surface area contributed by atoms with Crippen molar-refractivity contribution in [1.82, 2.24) is 14.6 Å². The van der Waals surface area contributed by atoms with Crippen molar-refractivity contribution in [3.05, 3.63) is 23.0 Å². The molecule has 1 aliphatic carbocycles. The Bertz CT molecular complexity index is 1070. The van der Waals surface area contributed by atoms with Gasteiger partial charge in [0.05, 0.1) is 23.6 Å². The van der Waals surface area contributed by atoms with Crippen molar-refractivity contribution < 1.29 is 22.7 Å². The van der Waals surface area contributed by atoms with Crippen LogP contribution in [-0.4, -0.2) is 46.4 Å². The average Bonchev–Trinajstić information content (AvgIpc) is 3.21. The number of carbonyl (C=O) groups excluding carboxylic acids is 1. The van der Waals surface area contributed by atoms with Crippen LogP contribution in [0.3, 0.4) is 0 Å². The van der Waals surface area contributed by atoms with Gasteiger partial charge in [0, 0.05) is 36.3 Å². The Labute approximate surface area is 205 Å². The standard InChI is InChI=1S/C26H37F3N4O2/c1-6-35-24(34)25(5)12-7-13-32(15-25)23-22(16(2)3)17(4)30-21-14-20(31-33(21)23)18-8-10-19(11-9-18)26(27,28)29/h14,16,18-19H,6-13,15H2,1-5H3/t18?,19?,25-/m1/s1. The van der Waals surface area contributed by atoms with Gasteiger partial charge in [0.25, 0.3) is 0 Å². The molecule has 3 heterocycles. The SMILES string of the molecule is CCOC(=O)[C@]1(C)CCCN(c2c(C(C)C)c(C)nc3cc(C4CCC(C(F)(F)F)CC4)nn23)C1. The second-order valence-electron chi connectivity index (χ2n) is 10.8. The van der Waals surface area contributed by atoms with Crippen molar-refractivity contribution in [3.63, 3.8) is 0 Å². The highest BCUT2D eigenvalue weighted by atomic mass is 19.4. The number of alkyl halides is 3. The summed E-state index contributed by atoms with van der Waals surface area (Å²) in [5.74, 6) is -0.272. The van der Waals surface area contributed by atoms with Crippen molar-refractivity contribution in [3.8, 4) is 0 Å². The number of rotatable bonds is 5. The zero-order valence-electron chi connectivity index (χ0n) is 21.4.